The lowest BCUT2D eigenvalue weighted by Gasteiger charge is -2.06. The number of hydrogen-bond donors (Lipinski definition) is 2. The maximum Gasteiger partial charge on any atom is 0.401 e. The highest BCUT2D eigenvalue weighted by Crippen LogP contribution is 2.16. The summed E-state index contributed by atoms with van der Waals surface area (Å²) in [6, 6.07) is -0.175. The summed E-state index contributed by atoms with van der Waals surface area (Å²) >= 11 is 1.36. The fraction of sp³-hybridized carbons (Fsp3) is 0.625. The first-order chi connectivity index (χ1) is 6.88. The summed E-state index contributed by atoms with van der Waals surface area (Å²) in [5.74, 6) is 0. The van der Waals surface area contributed by atoms with E-state index >= 15 is 0 Å². The van der Waals surface area contributed by atoms with E-state index in [-0.39, 0.29) is 12.6 Å². The van der Waals surface area contributed by atoms with Crippen LogP contribution in [0.4, 0.5) is 13.2 Å². The molecule has 1 atom stereocenters. The molecule has 0 radical (unpaired) electrons. The third-order valence-electron chi connectivity index (χ3n) is 1.59. The topological polar surface area (TPSA) is 50.9 Å². The third kappa shape index (κ3) is 4.59. The van der Waals surface area contributed by atoms with Gasteiger partial charge in [-0.25, -0.2) is 4.98 Å². The van der Waals surface area contributed by atoms with E-state index in [1.54, 1.807) is 12.3 Å². The van der Waals surface area contributed by atoms with Crippen LogP contribution in [0.1, 0.15) is 23.7 Å². The molecule has 86 valence electrons. The molecule has 0 saturated carbocycles. The van der Waals surface area contributed by atoms with Gasteiger partial charge in [-0.3, -0.25) is 0 Å². The maximum absolute atomic E-state index is 11.8. The van der Waals surface area contributed by atoms with Crippen molar-refractivity contribution in [2.75, 3.05) is 6.54 Å². The van der Waals surface area contributed by atoms with Crippen LogP contribution in [0.2, 0.25) is 0 Å². The summed E-state index contributed by atoms with van der Waals surface area (Å²) in [4.78, 5) is 4.09. The summed E-state index contributed by atoms with van der Waals surface area (Å²) in [6.07, 6.45) is -4.18. The lowest BCUT2D eigenvalue weighted by atomic mass is 10.4. The molecule has 0 spiro atoms. The monoisotopic (exact) mass is 239 g/mol. The highest BCUT2D eigenvalue weighted by Gasteiger charge is 2.26. The summed E-state index contributed by atoms with van der Waals surface area (Å²) in [5.41, 5.74) is 6.17. The Morgan fingerprint density at radius 3 is 2.73 bits per heavy atom. The fourth-order valence-electron chi connectivity index (χ4n) is 0.945. The van der Waals surface area contributed by atoms with Crippen molar-refractivity contribution >= 4 is 11.3 Å². The van der Waals surface area contributed by atoms with Crippen molar-refractivity contribution in [2.24, 2.45) is 5.73 Å². The second kappa shape index (κ2) is 4.91. The number of aromatic nitrogens is 1. The largest absolute Gasteiger partial charge is 0.401 e. The standard InChI is InChI=1S/C8H12F3N3S/c1-5(12)7-14-6(3-15-7)2-13-4-8(9,10)11/h3,5,13H,2,4,12H2,1H3. The predicted octanol–water partition coefficient (Wildman–Crippen LogP) is 1.81. The van der Waals surface area contributed by atoms with E-state index in [0.29, 0.717) is 5.69 Å². The normalized spacial score (nSPS) is 14.2. The van der Waals surface area contributed by atoms with Gasteiger partial charge < -0.3 is 11.1 Å². The number of alkyl halides is 3. The lowest BCUT2D eigenvalue weighted by Crippen LogP contribution is -2.28. The number of rotatable bonds is 4. The first kappa shape index (κ1) is 12.4. The van der Waals surface area contributed by atoms with E-state index in [1.165, 1.54) is 11.3 Å². The first-order valence-corrected chi connectivity index (χ1v) is 5.24. The van der Waals surface area contributed by atoms with Crippen molar-refractivity contribution in [1.82, 2.24) is 10.3 Å². The average molecular weight is 239 g/mol. The lowest BCUT2D eigenvalue weighted by molar-refractivity contribution is -0.125. The minimum absolute atomic E-state index is 0.114. The first-order valence-electron chi connectivity index (χ1n) is 4.36. The molecule has 0 aliphatic carbocycles. The second-order valence-electron chi connectivity index (χ2n) is 3.18. The number of hydrogen-bond acceptors (Lipinski definition) is 4. The molecule has 1 aromatic rings. The van der Waals surface area contributed by atoms with E-state index in [0.717, 1.165) is 5.01 Å². The van der Waals surface area contributed by atoms with Crippen molar-refractivity contribution < 1.29 is 13.2 Å². The zero-order chi connectivity index (χ0) is 11.5. The molecule has 0 saturated heterocycles. The molecule has 0 bridgehead atoms. The number of nitrogens with one attached hydrogen (secondary N) is 1. The Balaban J connectivity index is 2.38. The quantitative estimate of drug-likeness (QED) is 0.842. The third-order valence-corrected chi connectivity index (χ3v) is 2.69. The van der Waals surface area contributed by atoms with Crippen LogP contribution < -0.4 is 11.1 Å². The van der Waals surface area contributed by atoms with Crippen LogP contribution in [0, 0.1) is 0 Å². The van der Waals surface area contributed by atoms with Gasteiger partial charge in [0.15, 0.2) is 0 Å². The molecule has 7 heteroatoms. The van der Waals surface area contributed by atoms with E-state index in [9.17, 15) is 13.2 Å². The average Bonchev–Trinajstić information content (AvgIpc) is 2.50. The van der Waals surface area contributed by atoms with Crippen LogP contribution in [-0.2, 0) is 6.54 Å². The summed E-state index contributed by atoms with van der Waals surface area (Å²) < 4.78 is 35.4. The molecule has 3 nitrogen and oxygen atoms in total. The Labute approximate surface area is 89.5 Å². The Hall–Kier alpha value is -0.660. The molecule has 1 heterocycles. The molecule has 0 fully saturated rings. The van der Waals surface area contributed by atoms with Crippen LogP contribution in [0.15, 0.2) is 5.38 Å². The summed E-state index contributed by atoms with van der Waals surface area (Å²) in [6.45, 7) is 0.895. The van der Waals surface area contributed by atoms with E-state index in [1.807, 2.05) is 0 Å². The highest BCUT2D eigenvalue weighted by atomic mass is 32.1. The molecule has 0 amide bonds. The molecule has 15 heavy (non-hydrogen) atoms. The Bertz CT molecular complexity index is 308. The van der Waals surface area contributed by atoms with Crippen LogP contribution >= 0.6 is 11.3 Å². The Morgan fingerprint density at radius 2 is 2.27 bits per heavy atom. The molecular weight excluding hydrogens is 227 g/mol. The molecular formula is C8H12F3N3S. The molecule has 1 unspecified atom stereocenters. The summed E-state index contributed by atoms with van der Waals surface area (Å²) in [7, 11) is 0. The van der Waals surface area contributed by atoms with Crippen LogP contribution in [0.25, 0.3) is 0 Å². The van der Waals surface area contributed by atoms with Gasteiger partial charge >= 0.3 is 6.18 Å². The van der Waals surface area contributed by atoms with Gasteiger partial charge in [-0.05, 0) is 6.92 Å². The van der Waals surface area contributed by atoms with Crippen molar-refractivity contribution in [1.29, 1.82) is 0 Å². The van der Waals surface area contributed by atoms with Crippen molar-refractivity contribution in [2.45, 2.75) is 25.7 Å². The van der Waals surface area contributed by atoms with Crippen molar-refractivity contribution in [3.8, 4) is 0 Å². The van der Waals surface area contributed by atoms with Crippen LogP contribution in [0.5, 0.6) is 0 Å². The molecule has 0 aromatic carbocycles. The number of halogens is 3. The van der Waals surface area contributed by atoms with Crippen LogP contribution in [0.3, 0.4) is 0 Å². The second-order valence-corrected chi connectivity index (χ2v) is 4.07. The molecule has 1 aromatic heterocycles. The van der Waals surface area contributed by atoms with Gasteiger partial charge in [0.1, 0.15) is 5.01 Å². The maximum atomic E-state index is 11.8. The zero-order valence-corrected chi connectivity index (χ0v) is 8.95. The predicted molar refractivity (Wildman–Crippen MR) is 52.5 cm³/mol. The number of nitrogens with zero attached hydrogens (tertiary/aromatic N) is 1. The van der Waals surface area contributed by atoms with E-state index in [2.05, 4.69) is 10.3 Å². The summed E-state index contributed by atoms with van der Waals surface area (Å²) in [5, 5.41) is 4.72. The highest BCUT2D eigenvalue weighted by molar-refractivity contribution is 7.09. The molecule has 3 N–H and O–H groups in total. The smallest absolute Gasteiger partial charge is 0.322 e. The number of nitrogens with two attached hydrogens (primary N) is 1. The van der Waals surface area contributed by atoms with Crippen LogP contribution in [-0.4, -0.2) is 17.7 Å². The zero-order valence-electron chi connectivity index (χ0n) is 8.14. The fourth-order valence-corrected chi connectivity index (χ4v) is 1.72. The molecule has 1 rings (SSSR count). The van der Waals surface area contributed by atoms with Gasteiger partial charge in [-0.1, -0.05) is 0 Å². The van der Waals surface area contributed by atoms with Gasteiger partial charge in [0.25, 0.3) is 0 Å². The number of thiazole rings is 1. The van der Waals surface area contributed by atoms with Crippen molar-refractivity contribution in [3.05, 3.63) is 16.1 Å². The van der Waals surface area contributed by atoms with Gasteiger partial charge in [0, 0.05) is 11.9 Å². The Morgan fingerprint density at radius 1 is 1.60 bits per heavy atom. The molecule has 0 aliphatic rings. The van der Waals surface area contributed by atoms with Gasteiger partial charge in [0.05, 0.1) is 18.3 Å². The van der Waals surface area contributed by atoms with E-state index in [4.69, 9.17) is 5.73 Å². The van der Waals surface area contributed by atoms with Crippen molar-refractivity contribution in [3.63, 3.8) is 0 Å². The minimum Gasteiger partial charge on any atom is -0.322 e. The van der Waals surface area contributed by atoms with Gasteiger partial charge in [-0.2, -0.15) is 13.2 Å². The van der Waals surface area contributed by atoms with Gasteiger partial charge in [-0.15, -0.1) is 11.3 Å². The SMILES string of the molecule is CC(N)c1nc(CNCC(F)(F)F)cs1. The minimum atomic E-state index is -4.18. The Kier molecular flexibility index (Phi) is 4.06. The molecule has 0 aliphatic heterocycles. The van der Waals surface area contributed by atoms with Gasteiger partial charge in [0.2, 0.25) is 0 Å². The van der Waals surface area contributed by atoms with E-state index < -0.39 is 12.7 Å².